The molecule has 4 heterocycles. The van der Waals surface area contributed by atoms with E-state index in [4.69, 9.17) is 11.6 Å². The van der Waals surface area contributed by atoms with Crippen LogP contribution in [0.25, 0.3) is 0 Å². The number of benzene rings is 1. The fourth-order valence-electron chi connectivity index (χ4n) is 6.82. The highest BCUT2D eigenvalue weighted by molar-refractivity contribution is 6.31. The summed E-state index contributed by atoms with van der Waals surface area (Å²) in [7, 11) is 0. The van der Waals surface area contributed by atoms with Gasteiger partial charge < -0.3 is 19.6 Å². The molecule has 1 aromatic heterocycles. The van der Waals surface area contributed by atoms with Crippen molar-refractivity contribution in [3.63, 3.8) is 0 Å². The number of amides is 3. The number of carbonyl (C=O) groups is 3. The number of nitrogens with zero attached hydrogens (tertiary/aromatic N) is 6. The van der Waals surface area contributed by atoms with Gasteiger partial charge in [-0.1, -0.05) is 31.5 Å². The van der Waals surface area contributed by atoms with Crippen LogP contribution in [0.3, 0.4) is 0 Å². The molecule has 2 aromatic rings. The summed E-state index contributed by atoms with van der Waals surface area (Å²) in [6.07, 6.45) is 3.03. The fourth-order valence-corrected chi connectivity index (χ4v) is 6.99. The molecule has 9 nitrogen and oxygen atoms in total. The van der Waals surface area contributed by atoms with Gasteiger partial charge in [0.15, 0.2) is 0 Å². The van der Waals surface area contributed by atoms with E-state index in [2.05, 4.69) is 14.9 Å². The number of anilines is 1. The van der Waals surface area contributed by atoms with Crippen LogP contribution in [0.4, 0.5) is 5.69 Å². The molecule has 3 unspecified atom stereocenters. The average molecular weight is 595 g/mol. The normalized spacial score (nSPS) is 22.2. The van der Waals surface area contributed by atoms with E-state index in [1.807, 2.05) is 67.5 Å². The SMILES string of the molecule is Cc1ccc(N(CCCN2CC3CN(C(=O)c4c(C)ncnc4C)CC3C2)C(=O)C2CCN(C(=O)C(C)C)C2)cc1Cl. The van der Waals surface area contributed by atoms with Crippen molar-refractivity contribution < 1.29 is 14.4 Å². The third-order valence-electron chi connectivity index (χ3n) is 9.22. The van der Waals surface area contributed by atoms with Crippen molar-refractivity contribution in [1.29, 1.82) is 0 Å². The predicted molar refractivity (Wildman–Crippen MR) is 164 cm³/mol. The van der Waals surface area contributed by atoms with Gasteiger partial charge in [-0.3, -0.25) is 14.4 Å². The molecule has 3 saturated heterocycles. The van der Waals surface area contributed by atoms with Crippen LogP contribution in [0, 0.1) is 44.4 Å². The third kappa shape index (κ3) is 6.32. The molecule has 1 aromatic carbocycles. The Bertz CT molecular complexity index is 1320. The second kappa shape index (κ2) is 12.7. The zero-order chi connectivity index (χ0) is 30.1. The highest BCUT2D eigenvalue weighted by atomic mass is 35.5. The molecule has 3 amide bonds. The number of rotatable bonds is 8. The van der Waals surface area contributed by atoms with Crippen LogP contribution in [0.15, 0.2) is 24.5 Å². The number of hydrogen-bond donors (Lipinski definition) is 0. The number of aromatic nitrogens is 2. The number of hydrogen-bond acceptors (Lipinski definition) is 6. The van der Waals surface area contributed by atoms with Gasteiger partial charge in [-0.2, -0.15) is 0 Å². The lowest BCUT2D eigenvalue weighted by Crippen LogP contribution is -2.40. The van der Waals surface area contributed by atoms with Crippen molar-refractivity contribution in [2.75, 3.05) is 57.3 Å². The summed E-state index contributed by atoms with van der Waals surface area (Å²) < 4.78 is 0. The summed E-state index contributed by atoms with van der Waals surface area (Å²) in [5, 5.41) is 0.646. The lowest BCUT2D eigenvalue weighted by molar-refractivity contribution is -0.133. The predicted octanol–water partition coefficient (Wildman–Crippen LogP) is 3.99. The summed E-state index contributed by atoms with van der Waals surface area (Å²) >= 11 is 6.47. The molecule has 0 radical (unpaired) electrons. The van der Waals surface area contributed by atoms with E-state index in [0.29, 0.717) is 48.5 Å². The Kier molecular flexibility index (Phi) is 9.18. The van der Waals surface area contributed by atoms with Crippen molar-refractivity contribution in [2.24, 2.45) is 23.7 Å². The highest BCUT2D eigenvalue weighted by Gasteiger charge is 2.42. The maximum Gasteiger partial charge on any atom is 0.257 e. The first kappa shape index (κ1) is 30.4. The van der Waals surface area contributed by atoms with Gasteiger partial charge in [0.2, 0.25) is 11.8 Å². The van der Waals surface area contributed by atoms with Gasteiger partial charge in [0, 0.05) is 62.4 Å². The number of aryl methyl sites for hydroxylation is 3. The molecular weight excluding hydrogens is 552 g/mol. The first-order chi connectivity index (χ1) is 20.0. The van der Waals surface area contributed by atoms with E-state index in [1.54, 1.807) is 0 Å². The Morgan fingerprint density at radius 1 is 0.976 bits per heavy atom. The Morgan fingerprint density at radius 3 is 2.26 bits per heavy atom. The Morgan fingerprint density at radius 2 is 1.64 bits per heavy atom. The van der Waals surface area contributed by atoms with E-state index in [1.165, 1.54) is 6.33 Å². The summed E-state index contributed by atoms with van der Waals surface area (Å²) in [4.78, 5) is 56.2. The maximum atomic E-state index is 13.8. The fraction of sp³-hybridized carbons (Fsp3) is 0.594. The van der Waals surface area contributed by atoms with Crippen molar-refractivity contribution in [3.05, 3.63) is 52.1 Å². The molecule has 3 aliphatic rings. The van der Waals surface area contributed by atoms with Gasteiger partial charge in [-0.15, -0.1) is 0 Å². The Hall–Kier alpha value is -3.04. The molecule has 0 spiro atoms. The second-order valence-electron chi connectivity index (χ2n) is 12.6. The summed E-state index contributed by atoms with van der Waals surface area (Å²) in [6, 6.07) is 5.81. The molecular formula is C32H43ClN6O3. The summed E-state index contributed by atoms with van der Waals surface area (Å²) in [5.41, 5.74) is 3.89. The third-order valence-corrected chi connectivity index (χ3v) is 9.63. The average Bonchev–Trinajstić information content (AvgIpc) is 3.67. The zero-order valence-corrected chi connectivity index (χ0v) is 26.2. The summed E-state index contributed by atoms with van der Waals surface area (Å²) in [6.45, 7) is 15.5. The van der Waals surface area contributed by atoms with Crippen LogP contribution in [0.1, 0.15) is 54.0 Å². The molecule has 10 heteroatoms. The van der Waals surface area contributed by atoms with Crippen LogP contribution in [-0.4, -0.2) is 94.7 Å². The van der Waals surface area contributed by atoms with E-state index in [-0.39, 0.29) is 29.6 Å². The highest BCUT2D eigenvalue weighted by Crippen LogP contribution is 2.33. The van der Waals surface area contributed by atoms with E-state index >= 15 is 0 Å². The smallest absolute Gasteiger partial charge is 0.257 e. The second-order valence-corrected chi connectivity index (χ2v) is 13.0. The Balaban J connectivity index is 1.18. The first-order valence-electron chi connectivity index (χ1n) is 15.2. The van der Waals surface area contributed by atoms with Gasteiger partial charge in [0.1, 0.15) is 6.33 Å². The minimum Gasteiger partial charge on any atom is -0.342 e. The van der Waals surface area contributed by atoms with Crippen LogP contribution >= 0.6 is 11.6 Å². The van der Waals surface area contributed by atoms with E-state index < -0.39 is 0 Å². The number of carbonyl (C=O) groups excluding carboxylic acids is 3. The van der Waals surface area contributed by atoms with Gasteiger partial charge in [0.05, 0.1) is 22.9 Å². The van der Waals surface area contributed by atoms with Crippen molar-refractivity contribution in [1.82, 2.24) is 24.7 Å². The van der Waals surface area contributed by atoms with Crippen molar-refractivity contribution in [3.8, 4) is 0 Å². The van der Waals surface area contributed by atoms with Crippen LogP contribution in [0.2, 0.25) is 5.02 Å². The summed E-state index contributed by atoms with van der Waals surface area (Å²) in [5.74, 6) is 0.848. The Labute approximate surface area is 254 Å². The van der Waals surface area contributed by atoms with Crippen molar-refractivity contribution in [2.45, 2.75) is 47.5 Å². The zero-order valence-electron chi connectivity index (χ0n) is 25.5. The molecule has 5 rings (SSSR count). The topological polar surface area (TPSA) is 89.9 Å². The lowest BCUT2D eigenvalue weighted by Gasteiger charge is -2.28. The number of fused-ring (bicyclic) bond motifs is 1. The number of likely N-dealkylation sites (tertiary alicyclic amines) is 3. The standard InChI is InChI=1S/C32H43ClN6O3/c1-20(2)30(40)37-12-9-24(16-37)31(41)39(27-8-7-21(3)28(33)13-27)11-6-10-36-14-25-17-38(18-26(25)15-36)32(42)29-22(4)34-19-35-23(29)5/h7-8,13,19-20,24-26H,6,9-12,14-18H2,1-5H3. The molecule has 3 aliphatic heterocycles. The lowest BCUT2D eigenvalue weighted by atomic mass is 10.0. The minimum atomic E-state index is -0.204. The molecule has 3 atom stereocenters. The minimum absolute atomic E-state index is 0.0398. The molecule has 226 valence electrons. The molecule has 0 bridgehead atoms. The quantitative estimate of drug-likeness (QED) is 0.459. The van der Waals surface area contributed by atoms with Crippen LogP contribution in [-0.2, 0) is 9.59 Å². The van der Waals surface area contributed by atoms with Crippen molar-refractivity contribution >= 4 is 35.0 Å². The maximum absolute atomic E-state index is 13.8. The molecule has 0 aliphatic carbocycles. The molecule has 42 heavy (non-hydrogen) atoms. The monoisotopic (exact) mass is 594 g/mol. The van der Waals surface area contributed by atoms with Gasteiger partial charge >= 0.3 is 0 Å². The van der Waals surface area contributed by atoms with Gasteiger partial charge in [0.25, 0.3) is 5.91 Å². The van der Waals surface area contributed by atoms with Crippen LogP contribution in [0.5, 0.6) is 0 Å². The molecule has 3 fully saturated rings. The van der Waals surface area contributed by atoms with Gasteiger partial charge in [-0.25, -0.2) is 9.97 Å². The number of halogens is 1. The molecule has 0 N–H and O–H groups in total. The van der Waals surface area contributed by atoms with Crippen LogP contribution < -0.4 is 4.90 Å². The largest absolute Gasteiger partial charge is 0.342 e. The first-order valence-corrected chi connectivity index (χ1v) is 15.6. The molecule has 0 saturated carbocycles. The van der Waals surface area contributed by atoms with Gasteiger partial charge in [-0.05, 0) is 69.7 Å². The van der Waals surface area contributed by atoms with E-state index in [9.17, 15) is 14.4 Å². The van der Waals surface area contributed by atoms with E-state index in [0.717, 1.165) is 61.8 Å².